The Kier molecular flexibility index (Phi) is 18.8. The van der Waals surface area contributed by atoms with Gasteiger partial charge in [-0.3, -0.25) is 4.90 Å². The van der Waals surface area contributed by atoms with Gasteiger partial charge in [0.25, 0.3) is 0 Å². The van der Waals surface area contributed by atoms with Crippen LogP contribution in [0.2, 0.25) is 0 Å². The van der Waals surface area contributed by atoms with Gasteiger partial charge >= 0.3 is 0 Å². The summed E-state index contributed by atoms with van der Waals surface area (Å²) in [7, 11) is 0. The van der Waals surface area contributed by atoms with E-state index in [1.807, 2.05) is 20.8 Å². The molecule has 7 heteroatoms. The molecule has 0 saturated carbocycles. The lowest BCUT2D eigenvalue weighted by Crippen LogP contribution is -2.81. The summed E-state index contributed by atoms with van der Waals surface area (Å²) in [5.41, 5.74) is 20.0. The van der Waals surface area contributed by atoms with E-state index in [9.17, 15) is 0 Å². The van der Waals surface area contributed by atoms with E-state index in [-0.39, 0.29) is 0 Å². The number of ether oxygens (including phenoxy) is 3. The summed E-state index contributed by atoms with van der Waals surface area (Å²) in [5.74, 6) is 0. The second-order valence-electron chi connectivity index (χ2n) is 10.8. The largest absolute Gasteiger partial charge is 0.362 e. The highest BCUT2D eigenvalue weighted by Gasteiger charge is 2.61. The zero-order valence-electron chi connectivity index (χ0n) is 26.2. The van der Waals surface area contributed by atoms with Crippen molar-refractivity contribution in [3.8, 4) is 0 Å². The summed E-state index contributed by atoms with van der Waals surface area (Å²) >= 11 is 0. The van der Waals surface area contributed by atoms with Crippen molar-refractivity contribution in [1.29, 1.82) is 0 Å². The molecule has 0 rings (SSSR count). The molecule has 0 aliphatic heterocycles. The van der Waals surface area contributed by atoms with Crippen molar-refractivity contribution in [3.05, 3.63) is 0 Å². The molecule has 0 heterocycles. The first-order valence-electron chi connectivity index (χ1n) is 15.6. The molecule has 0 aromatic rings. The van der Waals surface area contributed by atoms with Crippen molar-refractivity contribution >= 4 is 0 Å². The Morgan fingerprint density at radius 2 is 0.622 bits per heavy atom. The molecule has 0 radical (unpaired) electrons. The molecule has 7 nitrogen and oxygen atoms in total. The summed E-state index contributed by atoms with van der Waals surface area (Å²) in [6.45, 7) is 21.2. The maximum Gasteiger partial charge on any atom is 0.124 e. The lowest BCUT2D eigenvalue weighted by atomic mass is 9.69. The first-order chi connectivity index (χ1) is 17.7. The van der Waals surface area contributed by atoms with Gasteiger partial charge in [-0.1, -0.05) is 80.1 Å². The van der Waals surface area contributed by atoms with E-state index >= 15 is 0 Å². The first kappa shape index (κ1) is 36.7. The quantitative estimate of drug-likeness (QED) is 0.126. The van der Waals surface area contributed by atoms with Crippen LogP contribution in [0.25, 0.3) is 0 Å². The van der Waals surface area contributed by atoms with E-state index in [2.05, 4.69) is 46.4 Å². The van der Waals surface area contributed by atoms with Crippen LogP contribution in [0.5, 0.6) is 0 Å². The van der Waals surface area contributed by atoms with Gasteiger partial charge in [0, 0.05) is 19.8 Å². The third-order valence-electron chi connectivity index (χ3n) is 8.06. The van der Waals surface area contributed by atoms with Crippen molar-refractivity contribution in [2.24, 2.45) is 17.2 Å². The molecule has 224 valence electrons. The summed E-state index contributed by atoms with van der Waals surface area (Å²) in [6.07, 6.45) is 9.78. The molecule has 3 unspecified atom stereocenters. The van der Waals surface area contributed by atoms with Gasteiger partial charge in [0.2, 0.25) is 0 Å². The average Bonchev–Trinajstić information content (AvgIpc) is 2.85. The molecule has 6 N–H and O–H groups in total. The number of nitrogens with zero attached hydrogens (tertiary/aromatic N) is 1. The van der Waals surface area contributed by atoms with Gasteiger partial charge in [-0.2, -0.15) is 0 Å². The fraction of sp³-hybridized carbons (Fsp3) is 1.00. The minimum atomic E-state index is -0.485. The molecule has 0 saturated heterocycles. The van der Waals surface area contributed by atoms with E-state index in [4.69, 9.17) is 31.4 Å². The van der Waals surface area contributed by atoms with Crippen LogP contribution in [-0.4, -0.2) is 60.0 Å². The van der Waals surface area contributed by atoms with E-state index < -0.39 is 35.3 Å². The molecule has 0 bridgehead atoms. The zero-order chi connectivity index (χ0) is 28.5. The normalized spacial score (nSPS) is 15.8. The van der Waals surface area contributed by atoms with Crippen molar-refractivity contribution < 1.29 is 14.2 Å². The molecular formula is C30H66N4O3. The van der Waals surface area contributed by atoms with Gasteiger partial charge < -0.3 is 31.4 Å². The summed E-state index contributed by atoms with van der Waals surface area (Å²) in [5, 5.41) is 0. The van der Waals surface area contributed by atoms with Crippen LogP contribution in [0, 0.1) is 0 Å². The summed E-state index contributed by atoms with van der Waals surface area (Å²) < 4.78 is 19.0. The Hall–Kier alpha value is -0.280. The summed E-state index contributed by atoms with van der Waals surface area (Å²) in [4.78, 5) is 2.71. The van der Waals surface area contributed by atoms with Gasteiger partial charge in [-0.15, -0.1) is 0 Å². The third kappa shape index (κ3) is 8.60. The molecule has 0 aromatic heterocycles. The number of rotatable bonds is 24. The van der Waals surface area contributed by atoms with E-state index in [1.165, 1.54) is 0 Å². The molecule has 0 aliphatic rings. The molecule has 0 fully saturated rings. The Balaban J connectivity index is 8.05. The molecule has 3 atom stereocenters. The highest BCUT2D eigenvalue weighted by molar-refractivity contribution is 5.14. The van der Waals surface area contributed by atoms with Gasteiger partial charge in [-0.05, 0) is 59.3 Å². The fourth-order valence-corrected chi connectivity index (χ4v) is 7.21. The predicted molar refractivity (Wildman–Crippen MR) is 158 cm³/mol. The Bertz CT molecular complexity index is 469. The summed E-state index contributed by atoms with van der Waals surface area (Å²) in [6, 6.07) is 0. The highest BCUT2D eigenvalue weighted by atomic mass is 16.5. The monoisotopic (exact) mass is 531 g/mol. The molecule has 37 heavy (non-hydrogen) atoms. The molecule has 0 spiro atoms. The van der Waals surface area contributed by atoms with E-state index in [0.717, 1.165) is 77.0 Å². The fourth-order valence-electron chi connectivity index (χ4n) is 7.21. The molecule has 0 amide bonds. The van der Waals surface area contributed by atoms with E-state index in [0.29, 0.717) is 19.8 Å². The van der Waals surface area contributed by atoms with Crippen molar-refractivity contribution in [2.45, 2.75) is 175 Å². The minimum absolute atomic E-state index is 0.475. The lowest BCUT2D eigenvalue weighted by molar-refractivity contribution is -0.237. The Morgan fingerprint density at radius 1 is 0.432 bits per heavy atom. The predicted octanol–water partition coefficient (Wildman–Crippen LogP) is 6.27. The van der Waals surface area contributed by atoms with Crippen LogP contribution >= 0.6 is 0 Å². The average molecular weight is 531 g/mol. The van der Waals surface area contributed by atoms with Crippen LogP contribution in [-0.2, 0) is 14.2 Å². The maximum absolute atomic E-state index is 7.14. The SMILES string of the molecule is CCCC(CCC)(C(N)OCC)N(C(CCC)(CCC)C(N)OCC)C(CCC)(CCC)C(N)OCC. The number of hydrogen-bond donors (Lipinski definition) is 3. The number of nitrogens with two attached hydrogens (primary N) is 3. The van der Waals surface area contributed by atoms with Crippen LogP contribution in [0.1, 0.15) is 139 Å². The Morgan fingerprint density at radius 3 is 0.757 bits per heavy atom. The second kappa shape index (κ2) is 18.9. The zero-order valence-corrected chi connectivity index (χ0v) is 26.2. The standard InChI is InChI=1S/C30H66N4O3/c1-10-19-28(20-11-2,25(31)35-16-7)34(29(21-12-3,22-13-4)26(32)36-17-8)30(23-14-5,24-15-6)27(33)37-18-9/h25-27H,10-24,31-33H2,1-9H3. The van der Waals surface area contributed by atoms with Crippen LogP contribution in [0.4, 0.5) is 0 Å². The van der Waals surface area contributed by atoms with Gasteiger partial charge in [-0.25, -0.2) is 0 Å². The van der Waals surface area contributed by atoms with Crippen molar-refractivity contribution in [2.75, 3.05) is 19.8 Å². The van der Waals surface area contributed by atoms with Crippen LogP contribution < -0.4 is 17.2 Å². The van der Waals surface area contributed by atoms with Gasteiger partial charge in [0.05, 0.1) is 16.6 Å². The topological polar surface area (TPSA) is 109 Å². The van der Waals surface area contributed by atoms with Crippen LogP contribution in [0.15, 0.2) is 0 Å². The van der Waals surface area contributed by atoms with Crippen molar-refractivity contribution in [1.82, 2.24) is 4.90 Å². The molecule has 0 aromatic carbocycles. The van der Waals surface area contributed by atoms with Crippen molar-refractivity contribution in [3.63, 3.8) is 0 Å². The molecule has 0 aliphatic carbocycles. The lowest BCUT2D eigenvalue weighted by Gasteiger charge is -2.66. The third-order valence-corrected chi connectivity index (χ3v) is 8.06. The highest BCUT2D eigenvalue weighted by Crippen LogP contribution is 2.50. The molecular weight excluding hydrogens is 464 g/mol. The van der Waals surface area contributed by atoms with E-state index in [1.54, 1.807) is 0 Å². The Labute approximate surface area is 230 Å². The maximum atomic E-state index is 7.14. The number of hydrogen-bond acceptors (Lipinski definition) is 7. The van der Waals surface area contributed by atoms with Gasteiger partial charge in [0.1, 0.15) is 18.7 Å². The first-order valence-corrected chi connectivity index (χ1v) is 15.6. The smallest absolute Gasteiger partial charge is 0.124 e. The van der Waals surface area contributed by atoms with Crippen LogP contribution in [0.3, 0.4) is 0 Å². The second-order valence-corrected chi connectivity index (χ2v) is 10.8. The van der Waals surface area contributed by atoms with Gasteiger partial charge in [0.15, 0.2) is 0 Å². The minimum Gasteiger partial charge on any atom is -0.362 e.